The van der Waals surface area contributed by atoms with E-state index in [1.54, 1.807) is 36.0 Å². The lowest BCUT2D eigenvalue weighted by Gasteiger charge is -2.07. The number of ether oxygens (including phenoxy) is 1. The van der Waals surface area contributed by atoms with Gasteiger partial charge in [-0.25, -0.2) is 0 Å². The van der Waals surface area contributed by atoms with Crippen molar-refractivity contribution in [3.05, 3.63) is 58.1 Å². The van der Waals surface area contributed by atoms with Crippen molar-refractivity contribution in [3.8, 4) is 11.5 Å². The molecular formula is C14H12ClNO3S. The number of hydrogen-bond acceptors (Lipinski definition) is 4. The van der Waals surface area contributed by atoms with E-state index in [2.05, 4.69) is 0 Å². The maximum absolute atomic E-state index is 11.1. The third-order valence-corrected chi connectivity index (χ3v) is 3.71. The summed E-state index contributed by atoms with van der Waals surface area (Å²) >= 11 is 7.30. The molecule has 104 valence electrons. The molecule has 0 aromatic heterocycles. The molecule has 0 heterocycles. The van der Waals surface area contributed by atoms with E-state index in [9.17, 15) is 10.1 Å². The normalized spacial score (nSPS) is 10.3. The molecule has 4 nitrogen and oxygen atoms in total. The molecule has 0 radical (unpaired) electrons. The average molecular weight is 310 g/mol. The minimum atomic E-state index is -0.471. The number of nitro benzene ring substituents is 1. The van der Waals surface area contributed by atoms with Crippen LogP contribution in [0.1, 0.15) is 5.56 Å². The van der Waals surface area contributed by atoms with Crippen molar-refractivity contribution < 1.29 is 9.66 Å². The third kappa shape index (κ3) is 3.43. The van der Waals surface area contributed by atoms with Gasteiger partial charge in [-0.3, -0.25) is 10.1 Å². The van der Waals surface area contributed by atoms with Gasteiger partial charge in [-0.2, -0.15) is 0 Å². The summed E-state index contributed by atoms with van der Waals surface area (Å²) in [6.07, 6.45) is 1.98. The van der Waals surface area contributed by atoms with Gasteiger partial charge in [0.05, 0.1) is 4.92 Å². The van der Waals surface area contributed by atoms with Crippen LogP contribution in [0.4, 0.5) is 5.69 Å². The van der Waals surface area contributed by atoms with E-state index in [-0.39, 0.29) is 17.3 Å². The molecule has 6 heteroatoms. The minimum Gasteiger partial charge on any atom is -0.450 e. The molecule has 0 amide bonds. The van der Waals surface area contributed by atoms with Crippen molar-refractivity contribution in [1.82, 2.24) is 0 Å². The summed E-state index contributed by atoms with van der Waals surface area (Å²) in [7, 11) is 0. The molecule has 2 rings (SSSR count). The van der Waals surface area contributed by atoms with Crippen molar-refractivity contribution in [2.45, 2.75) is 10.8 Å². The lowest BCUT2D eigenvalue weighted by Crippen LogP contribution is -1.94. The van der Waals surface area contributed by atoms with Gasteiger partial charge in [0, 0.05) is 16.8 Å². The third-order valence-electron chi connectivity index (χ3n) is 2.66. The predicted molar refractivity (Wildman–Crippen MR) is 81.0 cm³/mol. The van der Waals surface area contributed by atoms with Gasteiger partial charge in [0.25, 0.3) is 0 Å². The first-order valence-electron chi connectivity index (χ1n) is 5.79. The van der Waals surface area contributed by atoms with Gasteiger partial charge in [0.2, 0.25) is 5.75 Å². The maximum atomic E-state index is 11.1. The SMILES string of the molecule is CSc1ccc(Oc2ccc(CCl)cc2[N+](=O)[O-])cc1. The molecule has 20 heavy (non-hydrogen) atoms. The van der Waals surface area contributed by atoms with E-state index in [4.69, 9.17) is 16.3 Å². The fraction of sp³-hybridized carbons (Fsp3) is 0.143. The Balaban J connectivity index is 2.29. The smallest absolute Gasteiger partial charge is 0.311 e. The topological polar surface area (TPSA) is 52.4 Å². The Morgan fingerprint density at radius 1 is 1.25 bits per heavy atom. The molecule has 0 atom stereocenters. The van der Waals surface area contributed by atoms with E-state index in [1.165, 1.54) is 6.07 Å². The Labute approximate surface area is 125 Å². The largest absolute Gasteiger partial charge is 0.450 e. The van der Waals surface area contributed by atoms with Crippen LogP contribution < -0.4 is 4.74 Å². The van der Waals surface area contributed by atoms with E-state index in [0.29, 0.717) is 11.3 Å². The molecule has 0 aliphatic heterocycles. The summed E-state index contributed by atoms with van der Waals surface area (Å²) in [5.74, 6) is 0.995. The van der Waals surface area contributed by atoms with Crippen molar-refractivity contribution in [2.75, 3.05) is 6.26 Å². The van der Waals surface area contributed by atoms with Crippen LogP contribution in [0.3, 0.4) is 0 Å². The Hall–Kier alpha value is -1.72. The molecule has 2 aromatic carbocycles. The van der Waals surface area contributed by atoms with E-state index < -0.39 is 4.92 Å². The van der Waals surface area contributed by atoms with Crippen LogP contribution in [0.2, 0.25) is 0 Å². The van der Waals surface area contributed by atoms with E-state index in [0.717, 1.165) is 4.90 Å². The van der Waals surface area contributed by atoms with Gasteiger partial charge in [-0.15, -0.1) is 23.4 Å². The molecule has 0 saturated carbocycles. The highest BCUT2D eigenvalue weighted by atomic mass is 35.5. The van der Waals surface area contributed by atoms with Gasteiger partial charge >= 0.3 is 5.69 Å². The van der Waals surface area contributed by atoms with Gasteiger partial charge in [-0.1, -0.05) is 6.07 Å². The van der Waals surface area contributed by atoms with Crippen LogP contribution >= 0.6 is 23.4 Å². The zero-order valence-corrected chi connectivity index (χ0v) is 12.3. The highest BCUT2D eigenvalue weighted by Crippen LogP contribution is 2.33. The Morgan fingerprint density at radius 2 is 1.95 bits per heavy atom. The number of nitro groups is 1. The first-order valence-corrected chi connectivity index (χ1v) is 7.55. The molecule has 0 aliphatic carbocycles. The Bertz CT molecular complexity index is 616. The zero-order valence-electron chi connectivity index (χ0n) is 10.7. The van der Waals surface area contributed by atoms with E-state index >= 15 is 0 Å². The maximum Gasteiger partial charge on any atom is 0.311 e. The number of nitrogens with zero attached hydrogens (tertiary/aromatic N) is 1. The number of benzene rings is 2. The lowest BCUT2D eigenvalue weighted by atomic mass is 10.2. The first kappa shape index (κ1) is 14.7. The highest BCUT2D eigenvalue weighted by Gasteiger charge is 2.16. The van der Waals surface area contributed by atoms with E-state index in [1.807, 2.05) is 18.4 Å². The molecule has 0 fully saturated rings. The van der Waals surface area contributed by atoms with Gasteiger partial charge in [0.15, 0.2) is 0 Å². The van der Waals surface area contributed by atoms with Gasteiger partial charge < -0.3 is 4.74 Å². The summed E-state index contributed by atoms with van der Waals surface area (Å²) in [5, 5.41) is 11.1. The standard InChI is InChI=1S/C14H12ClNO3S/c1-20-12-5-3-11(4-6-12)19-14-7-2-10(9-15)8-13(14)16(17)18/h2-8H,9H2,1H3. The number of rotatable bonds is 5. The Morgan fingerprint density at radius 3 is 2.50 bits per heavy atom. The molecule has 0 bridgehead atoms. The van der Waals surface area contributed by atoms with Crippen molar-refractivity contribution in [2.24, 2.45) is 0 Å². The summed E-state index contributed by atoms with van der Waals surface area (Å²) in [6, 6.07) is 12.1. The molecule has 0 unspecified atom stereocenters. The molecular weight excluding hydrogens is 298 g/mol. The fourth-order valence-electron chi connectivity index (χ4n) is 1.65. The van der Waals surface area contributed by atoms with Crippen LogP contribution in [-0.2, 0) is 5.88 Å². The number of hydrogen-bond donors (Lipinski definition) is 0. The van der Waals surface area contributed by atoms with Crippen molar-refractivity contribution in [3.63, 3.8) is 0 Å². The van der Waals surface area contributed by atoms with Crippen molar-refractivity contribution >= 4 is 29.1 Å². The Kier molecular flexibility index (Phi) is 4.87. The molecule has 0 aliphatic rings. The summed E-state index contributed by atoms with van der Waals surface area (Å²) < 4.78 is 5.58. The second kappa shape index (κ2) is 6.63. The second-order valence-electron chi connectivity index (χ2n) is 3.97. The quantitative estimate of drug-likeness (QED) is 0.343. The van der Waals surface area contributed by atoms with Gasteiger partial charge in [-0.05, 0) is 42.2 Å². The fourth-order valence-corrected chi connectivity index (χ4v) is 2.22. The highest BCUT2D eigenvalue weighted by molar-refractivity contribution is 7.98. The van der Waals surface area contributed by atoms with Crippen LogP contribution in [-0.4, -0.2) is 11.2 Å². The minimum absolute atomic E-state index is 0.0860. The monoisotopic (exact) mass is 309 g/mol. The second-order valence-corrected chi connectivity index (χ2v) is 5.12. The number of thioether (sulfide) groups is 1. The molecule has 0 N–H and O–H groups in total. The predicted octanol–water partition coefficient (Wildman–Crippen LogP) is 4.85. The lowest BCUT2D eigenvalue weighted by molar-refractivity contribution is -0.385. The number of halogens is 1. The summed E-state index contributed by atoms with van der Waals surface area (Å²) in [4.78, 5) is 11.7. The molecule has 0 spiro atoms. The van der Waals surface area contributed by atoms with Crippen LogP contribution in [0.5, 0.6) is 11.5 Å². The average Bonchev–Trinajstić information content (AvgIpc) is 2.48. The zero-order chi connectivity index (χ0) is 14.5. The van der Waals surface area contributed by atoms with Crippen molar-refractivity contribution in [1.29, 1.82) is 0 Å². The summed E-state index contributed by atoms with van der Waals surface area (Å²) in [6.45, 7) is 0. The van der Waals surface area contributed by atoms with Crippen LogP contribution in [0.15, 0.2) is 47.4 Å². The molecule has 0 saturated heterocycles. The van der Waals surface area contributed by atoms with Crippen LogP contribution in [0, 0.1) is 10.1 Å². The van der Waals surface area contributed by atoms with Gasteiger partial charge in [0.1, 0.15) is 5.75 Å². The molecule has 2 aromatic rings. The first-order chi connectivity index (χ1) is 9.63. The summed E-state index contributed by atoms with van der Waals surface area (Å²) in [5.41, 5.74) is 0.598. The van der Waals surface area contributed by atoms with Crippen LogP contribution in [0.25, 0.3) is 0 Å². The number of alkyl halides is 1.